The Morgan fingerprint density at radius 1 is 1.38 bits per heavy atom. The molecular weight excluding hydrogens is 168 g/mol. The molecule has 2 rings (SSSR count). The zero-order chi connectivity index (χ0) is 9.10. The zero-order valence-corrected chi connectivity index (χ0v) is 7.06. The van der Waals surface area contributed by atoms with Crippen LogP contribution in [0.1, 0.15) is 11.1 Å². The van der Waals surface area contributed by atoms with Gasteiger partial charge in [0.15, 0.2) is 0 Å². The average Bonchev–Trinajstić information content (AvgIpc) is 2.41. The Kier molecular flexibility index (Phi) is 2.19. The third kappa shape index (κ3) is 1.65. The van der Waals surface area contributed by atoms with Gasteiger partial charge in [-0.25, -0.2) is 0 Å². The van der Waals surface area contributed by atoms with Crippen molar-refractivity contribution in [2.24, 2.45) is 0 Å². The van der Waals surface area contributed by atoms with E-state index in [1.165, 1.54) is 0 Å². The first-order chi connectivity index (χ1) is 6.40. The van der Waals surface area contributed by atoms with Gasteiger partial charge < -0.3 is 14.6 Å². The summed E-state index contributed by atoms with van der Waals surface area (Å²) in [5.41, 5.74) is 1.80. The maximum absolute atomic E-state index is 8.91. The summed E-state index contributed by atoms with van der Waals surface area (Å²) in [5, 5.41) is 8.91. The topological polar surface area (TPSA) is 38.7 Å². The van der Waals surface area contributed by atoms with E-state index in [0.29, 0.717) is 0 Å². The number of rotatable bonds is 1. The first-order valence-electron chi connectivity index (χ1n) is 4.05. The van der Waals surface area contributed by atoms with E-state index in [4.69, 9.17) is 14.6 Å². The van der Waals surface area contributed by atoms with Crippen LogP contribution in [0.5, 0.6) is 5.75 Å². The zero-order valence-electron chi connectivity index (χ0n) is 7.06. The number of hydrogen-bond donors (Lipinski definition) is 1. The lowest BCUT2D eigenvalue weighted by Crippen LogP contribution is -1.97. The Morgan fingerprint density at radius 2 is 2.31 bits per heavy atom. The van der Waals surface area contributed by atoms with Crippen LogP contribution in [0.3, 0.4) is 0 Å². The van der Waals surface area contributed by atoms with E-state index in [-0.39, 0.29) is 13.4 Å². The molecular formula is C10H10O3. The molecule has 1 heterocycles. The Balaban J connectivity index is 2.41. The minimum atomic E-state index is 0.0436. The molecule has 3 nitrogen and oxygen atoms in total. The Hall–Kier alpha value is -1.48. The van der Waals surface area contributed by atoms with Gasteiger partial charge in [0.2, 0.25) is 6.79 Å². The van der Waals surface area contributed by atoms with Gasteiger partial charge in [0.1, 0.15) is 5.75 Å². The van der Waals surface area contributed by atoms with Crippen molar-refractivity contribution in [2.75, 3.05) is 6.79 Å². The number of benzene rings is 1. The molecule has 1 aliphatic heterocycles. The van der Waals surface area contributed by atoms with Gasteiger partial charge in [-0.05, 0) is 23.8 Å². The van der Waals surface area contributed by atoms with Crippen LogP contribution in [0.2, 0.25) is 0 Å². The lowest BCUT2D eigenvalue weighted by Gasteiger charge is -2.06. The molecule has 0 saturated heterocycles. The maximum atomic E-state index is 8.91. The lowest BCUT2D eigenvalue weighted by atomic mass is 10.1. The molecule has 0 radical (unpaired) electrons. The summed E-state index contributed by atoms with van der Waals surface area (Å²) >= 11 is 0. The first-order valence-corrected chi connectivity index (χ1v) is 4.05. The van der Waals surface area contributed by atoms with Crippen LogP contribution in [-0.2, 0) is 11.3 Å². The highest BCUT2D eigenvalue weighted by atomic mass is 16.7. The third-order valence-electron chi connectivity index (χ3n) is 1.88. The predicted octanol–water partition coefficient (Wildman–Crippen LogP) is 1.52. The number of aliphatic hydroxyl groups excluding tert-OH is 1. The highest BCUT2D eigenvalue weighted by Gasteiger charge is 2.04. The van der Waals surface area contributed by atoms with Crippen molar-refractivity contribution in [3.8, 4) is 5.75 Å². The minimum Gasteiger partial charge on any atom is -0.465 e. The molecule has 68 valence electrons. The molecule has 0 amide bonds. The van der Waals surface area contributed by atoms with Crippen molar-refractivity contribution < 1.29 is 14.6 Å². The van der Waals surface area contributed by atoms with Gasteiger partial charge in [0, 0.05) is 5.56 Å². The van der Waals surface area contributed by atoms with Gasteiger partial charge in [-0.2, -0.15) is 0 Å². The van der Waals surface area contributed by atoms with E-state index in [9.17, 15) is 0 Å². The van der Waals surface area contributed by atoms with E-state index in [0.717, 1.165) is 16.9 Å². The van der Waals surface area contributed by atoms with Gasteiger partial charge in [-0.1, -0.05) is 6.07 Å². The van der Waals surface area contributed by atoms with Crippen LogP contribution in [0.4, 0.5) is 0 Å². The van der Waals surface area contributed by atoms with Crippen molar-refractivity contribution in [3.05, 3.63) is 35.6 Å². The fraction of sp³-hybridized carbons (Fsp3) is 0.200. The Bertz CT molecular complexity index is 331. The molecule has 3 heteroatoms. The quantitative estimate of drug-likeness (QED) is 0.708. The third-order valence-corrected chi connectivity index (χ3v) is 1.88. The molecule has 1 aromatic rings. The van der Waals surface area contributed by atoms with E-state index < -0.39 is 0 Å². The molecule has 1 aromatic carbocycles. The van der Waals surface area contributed by atoms with Crippen molar-refractivity contribution in [1.82, 2.24) is 0 Å². The number of ether oxygens (including phenoxy) is 2. The summed E-state index contributed by atoms with van der Waals surface area (Å²) in [4.78, 5) is 0. The summed E-state index contributed by atoms with van der Waals surface area (Å²) in [6.07, 6.45) is 3.41. The Labute approximate surface area is 76.2 Å². The van der Waals surface area contributed by atoms with Gasteiger partial charge >= 0.3 is 0 Å². The maximum Gasteiger partial charge on any atom is 0.230 e. The minimum absolute atomic E-state index is 0.0436. The molecule has 0 aromatic heterocycles. The van der Waals surface area contributed by atoms with E-state index >= 15 is 0 Å². The molecule has 0 bridgehead atoms. The van der Waals surface area contributed by atoms with Crippen molar-refractivity contribution in [3.63, 3.8) is 0 Å². The highest BCUT2D eigenvalue weighted by molar-refractivity contribution is 5.58. The second kappa shape index (κ2) is 3.49. The van der Waals surface area contributed by atoms with Crippen molar-refractivity contribution in [2.45, 2.75) is 6.61 Å². The monoisotopic (exact) mass is 178 g/mol. The number of fused-ring (bicyclic) bond motifs is 1. The van der Waals surface area contributed by atoms with Crippen molar-refractivity contribution >= 4 is 6.08 Å². The standard InChI is InChI=1S/C10H10O3/c11-6-8-1-2-10-9(5-8)3-4-12-7-13-10/h1-5,11H,6-7H2. The lowest BCUT2D eigenvalue weighted by molar-refractivity contribution is 0.0841. The molecule has 0 unspecified atom stereocenters. The van der Waals surface area contributed by atoms with Crippen LogP contribution < -0.4 is 4.74 Å². The smallest absolute Gasteiger partial charge is 0.230 e. The van der Waals surface area contributed by atoms with Crippen molar-refractivity contribution in [1.29, 1.82) is 0 Å². The highest BCUT2D eigenvalue weighted by Crippen LogP contribution is 2.23. The number of hydrogen-bond acceptors (Lipinski definition) is 3. The molecule has 0 atom stereocenters. The fourth-order valence-electron chi connectivity index (χ4n) is 1.22. The first kappa shape index (κ1) is 8.13. The molecule has 0 spiro atoms. The van der Waals surface area contributed by atoms with Gasteiger partial charge in [0.05, 0.1) is 12.9 Å². The summed E-state index contributed by atoms with van der Waals surface area (Å²) < 4.78 is 10.3. The molecule has 1 N–H and O–H groups in total. The van der Waals surface area contributed by atoms with Crippen LogP contribution in [0.15, 0.2) is 24.5 Å². The normalized spacial score (nSPS) is 13.9. The summed E-state index contributed by atoms with van der Waals surface area (Å²) in [7, 11) is 0. The average molecular weight is 178 g/mol. The SMILES string of the molecule is OCc1ccc2c(c1)C=COCO2. The second-order valence-corrected chi connectivity index (χ2v) is 2.76. The number of aliphatic hydroxyl groups is 1. The van der Waals surface area contributed by atoms with Gasteiger partial charge in [-0.3, -0.25) is 0 Å². The van der Waals surface area contributed by atoms with Crippen LogP contribution in [0, 0.1) is 0 Å². The largest absolute Gasteiger partial charge is 0.465 e. The molecule has 1 aliphatic rings. The van der Waals surface area contributed by atoms with E-state index in [1.807, 2.05) is 24.3 Å². The molecule has 0 fully saturated rings. The predicted molar refractivity (Wildman–Crippen MR) is 48.0 cm³/mol. The molecule has 0 saturated carbocycles. The summed E-state index contributed by atoms with van der Waals surface area (Å²) in [6, 6.07) is 5.54. The van der Waals surface area contributed by atoms with Gasteiger partial charge in [-0.15, -0.1) is 0 Å². The Morgan fingerprint density at radius 3 is 3.15 bits per heavy atom. The van der Waals surface area contributed by atoms with Gasteiger partial charge in [0.25, 0.3) is 0 Å². The second-order valence-electron chi connectivity index (χ2n) is 2.76. The van der Waals surface area contributed by atoms with E-state index in [2.05, 4.69) is 0 Å². The van der Waals surface area contributed by atoms with Crippen LogP contribution in [0.25, 0.3) is 6.08 Å². The molecule has 0 aliphatic carbocycles. The summed E-state index contributed by atoms with van der Waals surface area (Å²) in [6.45, 7) is 0.282. The van der Waals surface area contributed by atoms with E-state index in [1.54, 1.807) is 6.26 Å². The fourth-order valence-corrected chi connectivity index (χ4v) is 1.22. The van der Waals surface area contributed by atoms with Crippen LogP contribution >= 0.6 is 0 Å². The summed E-state index contributed by atoms with van der Waals surface area (Å²) in [5.74, 6) is 0.783. The molecule has 13 heavy (non-hydrogen) atoms. The van der Waals surface area contributed by atoms with Crippen LogP contribution in [-0.4, -0.2) is 11.9 Å².